The van der Waals surface area contributed by atoms with Gasteiger partial charge in [0.05, 0.1) is 12.3 Å². The minimum Gasteiger partial charge on any atom is -0.462 e. The number of aromatic amines is 1. The minimum atomic E-state index is -1.42. The quantitative estimate of drug-likeness (QED) is 0.380. The zero-order chi connectivity index (χ0) is 21.1. The summed E-state index contributed by atoms with van der Waals surface area (Å²) in [5, 5.41) is 9.66. The number of carbonyl (C=O) groups excluding carboxylic acids is 2. The van der Waals surface area contributed by atoms with Crippen LogP contribution in [-0.4, -0.2) is 45.9 Å². The Morgan fingerprint density at radius 3 is 2.90 bits per heavy atom. The number of allylic oxidation sites excluding steroid dienone is 1. The highest BCUT2D eigenvalue weighted by molar-refractivity contribution is 6.27. The largest absolute Gasteiger partial charge is 0.462 e. The Balaban J connectivity index is 1.72. The molecule has 1 fully saturated rings. The molecule has 1 aromatic carbocycles. The smallest absolute Gasteiger partial charge is 0.326 e. The van der Waals surface area contributed by atoms with Crippen LogP contribution in [-0.2, 0) is 19.1 Å². The maximum Gasteiger partial charge on any atom is 0.326 e. The van der Waals surface area contributed by atoms with E-state index in [0.717, 1.165) is 5.39 Å². The van der Waals surface area contributed by atoms with Crippen LogP contribution in [0.15, 0.2) is 59.5 Å². The SMILES string of the molecule is O=C(OCCO)C1C(=O)/C(=C/c2c[nH]c3ncccc23)OC1=Nc1ccc(F)cc1. The lowest BCUT2D eigenvalue weighted by Gasteiger charge is -2.07. The Hall–Kier alpha value is -3.85. The van der Waals surface area contributed by atoms with E-state index in [0.29, 0.717) is 16.9 Å². The number of Topliss-reactive ketones (excluding diaryl/α,β-unsaturated/α-hetero) is 1. The summed E-state index contributed by atoms with van der Waals surface area (Å²) in [6.07, 6.45) is 4.78. The Bertz CT molecular complexity index is 1170. The summed E-state index contributed by atoms with van der Waals surface area (Å²) >= 11 is 0. The Morgan fingerprint density at radius 2 is 2.13 bits per heavy atom. The summed E-state index contributed by atoms with van der Waals surface area (Å²) in [6.45, 7) is -0.650. The second kappa shape index (κ2) is 8.26. The number of nitrogens with zero attached hydrogens (tertiary/aromatic N) is 2. The standard InChI is InChI=1S/C21H16FN3O5/c22-13-3-5-14(6-4-13)25-20-17(21(28)29-9-8-26)18(27)16(30-20)10-12-11-24-19-15(12)2-1-7-23-19/h1-7,10-11,17,26H,8-9H2,(H,23,24)/b16-10-,25-20?. The third-order valence-corrected chi connectivity index (χ3v) is 4.37. The maximum atomic E-state index is 13.2. The number of hydrogen-bond acceptors (Lipinski definition) is 7. The van der Waals surface area contributed by atoms with Crippen molar-refractivity contribution in [3.05, 3.63) is 65.9 Å². The van der Waals surface area contributed by atoms with Gasteiger partial charge in [0.25, 0.3) is 0 Å². The van der Waals surface area contributed by atoms with Gasteiger partial charge in [-0.1, -0.05) is 0 Å². The van der Waals surface area contributed by atoms with Gasteiger partial charge in [0, 0.05) is 23.3 Å². The van der Waals surface area contributed by atoms with E-state index in [2.05, 4.69) is 15.0 Å². The normalized spacial score (nSPS) is 18.9. The van der Waals surface area contributed by atoms with Gasteiger partial charge in [-0.2, -0.15) is 0 Å². The van der Waals surface area contributed by atoms with Gasteiger partial charge >= 0.3 is 5.97 Å². The molecule has 152 valence electrons. The van der Waals surface area contributed by atoms with Crippen LogP contribution < -0.4 is 0 Å². The number of ketones is 1. The van der Waals surface area contributed by atoms with Gasteiger partial charge < -0.3 is 19.6 Å². The number of ether oxygens (including phenoxy) is 2. The maximum absolute atomic E-state index is 13.2. The van der Waals surface area contributed by atoms with Gasteiger partial charge in [0.1, 0.15) is 18.1 Å². The predicted octanol–water partition coefficient (Wildman–Crippen LogP) is 2.52. The van der Waals surface area contributed by atoms with Gasteiger partial charge in [-0.05, 0) is 42.5 Å². The van der Waals surface area contributed by atoms with E-state index in [-0.39, 0.29) is 24.9 Å². The molecule has 0 bridgehead atoms. The average molecular weight is 409 g/mol. The zero-order valence-corrected chi connectivity index (χ0v) is 15.5. The van der Waals surface area contributed by atoms with Crippen LogP contribution in [0, 0.1) is 11.7 Å². The number of aliphatic imine (C=N–C) groups is 1. The van der Waals surface area contributed by atoms with Gasteiger partial charge in [0.15, 0.2) is 11.7 Å². The van der Waals surface area contributed by atoms with Crippen molar-refractivity contribution in [2.75, 3.05) is 13.2 Å². The number of halogens is 1. The number of esters is 1. The van der Waals surface area contributed by atoms with E-state index in [4.69, 9.17) is 14.6 Å². The topological polar surface area (TPSA) is 114 Å². The first-order chi connectivity index (χ1) is 14.6. The number of carbonyl (C=O) groups is 2. The molecule has 9 heteroatoms. The molecule has 0 aliphatic carbocycles. The van der Waals surface area contributed by atoms with Crippen LogP contribution in [0.3, 0.4) is 0 Å². The molecule has 0 radical (unpaired) electrons. The van der Waals surface area contributed by atoms with E-state index >= 15 is 0 Å². The molecule has 3 heterocycles. The number of aliphatic hydroxyl groups excluding tert-OH is 1. The molecule has 1 unspecified atom stereocenters. The monoisotopic (exact) mass is 409 g/mol. The summed E-state index contributed by atoms with van der Waals surface area (Å²) in [5.74, 6) is -3.66. The van der Waals surface area contributed by atoms with Gasteiger partial charge in [0.2, 0.25) is 11.7 Å². The number of H-pyrrole nitrogens is 1. The van der Waals surface area contributed by atoms with E-state index < -0.39 is 23.5 Å². The van der Waals surface area contributed by atoms with Crippen molar-refractivity contribution < 1.29 is 28.6 Å². The highest BCUT2D eigenvalue weighted by atomic mass is 19.1. The summed E-state index contributed by atoms with van der Waals surface area (Å²) in [7, 11) is 0. The first-order valence-corrected chi connectivity index (χ1v) is 9.04. The van der Waals surface area contributed by atoms with E-state index in [1.807, 2.05) is 6.07 Å². The molecule has 1 aliphatic heterocycles. The molecular weight excluding hydrogens is 393 g/mol. The van der Waals surface area contributed by atoms with E-state index in [1.165, 1.54) is 30.3 Å². The third-order valence-electron chi connectivity index (χ3n) is 4.37. The van der Waals surface area contributed by atoms with Crippen LogP contribution in [0.25, 0.3) is 17.1 Å². The number of aromatic nitrogens is 2. The van der Waals surface area contributed by atoms with Crippen molar-refractivity contribution in [2.45, 2.75) is 0 Å². The third kappa shape index (κ3) is 3.83. The number of rotatable bonds is 5. The number of aliphatic hydroxyl groups is 1. The molecule has 0 saturated carbocycles. The fraction of sp³-hybridized carbons (Fsp3) is 0.143. The highest BCUT2D eigenvalue weighted by Gasteiger charge is 2.44. The van der Waals surface area contributed by atoms with Crippen molar-refractivity contribution in [1.82, 2.24) is 9.97 Å². The number of benzene rings is 1. The number of pyridine rings is 1. The molecule has 30 heavy (non-hydrogen) atoms. The van der Waals surface area contributed by atoms with Crippen LogP contribution >= 0.6 is 0 Å². The van der Waals surface area contributed by atoms with Gasteiger partial charge in [-0.15, -0.1) is 0 Å². The number of hydrogen-bond donors (Lipinski definition) is 2. The molecule has 1 saturated heterocycles. The fourth-order valence-electron chi connectivity index (χ4n) is 2.98. The first-order valence-electron chi connectivity index (χ1n) is 9.04. The summed E-state index contributed by atoms with van der Waals surface area (Å²) in [5.41, 5.74) is 1.58. The predicted molar refractivity (Wildman–Crippen MR) is 105 cm³/mol. The molecule has 2 aromatic heterocycles. The van der Waals surface area contributed by atoms with E-state index in [1.54, 1.807) is 18.5 Å². The number of nitrogens with one attached hydrogen (secondary N) is 1. The summed E-state index contributed by atoms with van der Waals surface area (Å²) in [6, 6.07) is 8.76. The van der Waals surface area contributed by atoms with Crippen LogP contribution in [0.2, 0.25) is 0 Å². The molecule has 1 atom stereocenters. The van der Waals surface area contributed by atoms with Crippen molar-refractivity contribution in [3.8, 4) is 0 Å². The minimum absolute atomic E-state index is 0.0911. The zero-order valence-electron chi connectivity index (χ0n) is 15.5. The Labute approximate surface area is 169 Å². The lowest BCUT2D eigenvalue weighted by atomic mass is 10.0. The molecule has 4 rings (SSSR count). The van der Waals surface area contributed by atoms with Crippen LogP contribution in [0.4, 0.5) is 10.1 Å². The second-order valence-corrected chi connectivity index (χ2v) is 6.37. The van der Waals surface area contributed by atoms with Crippen LogP contribution in [0.1, 0.15) is 5.56 Å². The van der Waals surface area contributed by atoms with Crippen molar-refractivity contribution in [3.63, 3.8) is 0 Å². The average Bonchev–Trinajstić information content (AvgIpc) is 3.29. The van der Waals surface area contributed by atoms with Gasteiger partial charge in [-0.3, -0.25) is 9.59 Å². The summed E-state index contributed by atoms with van der Waals surface area (Å²) in [4.78, 5) is 36.7. The second-order valence-electron chi connectivity index (χ2n) is 6.37. The van der Waals surface area contributed by atoms with Crippen LogP contribution in [0.5, 0.6) is 0 Å². The lowest BCUT2D eigenvalue weighted by molar-refractivity contribution is -0.148. The van der Waals surface area contributed by atoms with Crippen molar-refractivity contribution in [2.24, 2.45) is 10.9 Å². The molecule has 3 aromatic rings. The van der Waals surface area contributed by atoms with E-state index in [9.17, 15) is 14.0 Å². The summed E-state index contributed by atoms with van der Waals surface area (Å²) < 4.78 is 23.7. The Morgan fingerprint density at radius 1 is 1.33 bits per heavy atom. The van der Waals surface area contributed by atoms with Crippen molar-refractivity contribution >= 4 is 40.4 Å². The molecule has 0 spiro atoms. The molecular formula is C21H16FN3O5. The number of fused-ring (bicyclic) bond motifs is 1. The first kappa shape index (κ1) is 19.5. The molecule has 8 nitrogen and oxygen atoms in total. The lowest BCUT2D eigenvalue weighted by Crippen LogP contribution is -2.28. The van der Waals surface area contributed by atoms with Crippen molar-refractivity contribution in [1.29, 1.82) is 0 Å². The molecule has 1 aliphatic rings. The molecule has 0 amide bonds. The fourth-order valence-corrected chi connectivity index (χ4v) is 2.98. The molecule has 2 N–H and O–H groups in total. The Kier molecular flexibility index (Phi) is 5.36. The van der Waals surface area contributed by atoms with Gasteiger partial charge in [-0.25, -0.2) is 14.4 Å². The highest BCUT2D eigenvalue weighted by Crippen LogP contribution is 2.29.